The fourth-order valence-corrected chi connectivity index (χ4v) is 2.53. The van der Waals surface area contributed by atoms with Gasteiger partial charge in [-0.15, -0.1) is 17.0 Å². The Bertz CT molecular complexity index is 236. The van der Waals surface area contributed by atoms with Crippen LogP contribution in [0.25, 0.3) is 0 Å². The van der Waals surface area contributed by atoms with Crippen LogP contribution in [0.2, 0.25) is 0 Å². The van der Waals surface area contributed by atoms with Crippen LogP contribution < -0.4 is 5.73 Å². The summed E-state index contributed by atoms with van der Waals surface area (Å²) in [5.74, 6) is -0.966. The SMILES string of the molecule is Br.CCCCCCCCCCCC[C@@H](N)P(=O)(O)O. The lowest BCUT2D eigenvalue weighted by molar-refractivity contribution is 0.353. The molecule has 0 aliphatic heterocycles. The van der Waals surface area contributed by atoms with Crippen molar-refractivity contribution in [3.8, 4) is 0 Å². The van der Waals surface area contributed by atoms with Gasteiger partial charge < -0.3 is 15.5 Å². The molecule has 0 aromatic heterocycles. The first-order valence-corrected chi connectivity index (χ1v) is 8.97. The zero-order valence-electron chi connectivity index (χ0n) is 12.1. The molecule has 4 nitrogen and oxygen atoms in total. The van der Waals surface area contributed by atoms with E-state index in [-0.39, 0.29) is 17.0 Å². The highest BCUT2D eigenvalue weighted by atomic mass is 79.9. The summed E-state index contributed by atoms with van der Waals surface area (Å²) in [6, 6.07) is 0. The maximum Gasteiger partial charge on any atom is 0.342 e. The van der Waals surface area contributed by atoms with Crippen molar-refractivity contribution in [2.75, 3.05) is 0 Å². The van der Waals surface area contributed by atoms with Crippen molar-refractivity contribution in [3.05, 3.63) is 0 Å². The Labute approximate surface area is 128 Å². The third kappa shape index (κ3) is 14.8. The third-order valence-electron chi connectivity index (χ3n) is 3.29. The van der Waals surface area contributed by atoms with Gasteiger partial charge in [-0.3, -0.25) is 4.57 Å². The number of rotatable bonds is 12. The normalized spacial score (nSPS) is 13.1. The van der Waals surface area contributed by atoms with E-state index in [1.54, 1.807) is 0 Å². The van der Waals surface area contributed by atoms with Crippen molar-refractivity contribution in [3.63, 3.8) is 0 Å². The lowest BCUT2D eigenvalue weighted by Gasteiger charge is -2.12. The smallest absolute Gasteiger partial charge is 0.323 e. The molecule has 0 bridgehead atoms. The molecule has 4 N–H and O–H groups in total. The molecule has 0 saturated carbocycles. The van der Waals surface area contributed by atoms with E-state index in [2.05, 4.69) is 6.92 Å². The van der Waals surface area contributed by atoms with Crippen LogP contribution in [0, 0.1) is 0 Å². The first kappa shape index (κ1) is 21.9. The van der Waals surface area contributed by atoms with E-state index >= 15 is 0 Å². The summed E-state index contributed by atoms with van der Waals surface area (Å²) in [7, 11) is -4.06. The van der Waals surface area contributed by atoms with Gasteiger partial charge in [0, 0.05) is 0 Å². The van der Waals surface area contributed by atoms with E-state index in [0.29, 0.717) is 6.42 Å². The van der Waals surface area contributed by atoms with Crippen molar-refractivity contribution in [2.24, 2.45) is 5.73 Å². The van der Waals surface area contributed by atoms with E-state index in [9.17, 15) is 4.57 Å². The predicted molar refractivity (Wildman–Crippen MR) is 86.8 cm³/mol. The maximum absolute atomic E-state index is 10.8. The minimum absolute atomic E-state index is 0. The van der Waals surface area contributed by atoms with Gasteiger partial charge >= 0.3 is 7.60 Å². The van der Waals surface area contributed by atoms with Crippen molar-refractivity contribution in [2.45, 2.75) is 83.3 Å². The van der Waals surface area contributed by atoms with Gasteiger partial charge in [-0.2, -0.15) is 0 Å². The quantitative estimate of drug-likeness (QED) is 0.357. The monoisotopic (exact) mass is 359 g/mol. The van der Waals surface area contributed by atoms with Gasteiger partial charge in [0.05, 0.1) is 0 Å². The summed E-state index contributed by atoms with van der Waals surface area (Å²) in [6.07, 6.45) is 12.6. The summed E-state index contributed by atoms with van der Waals surface area (Å²) in [4.78, 5) is 17.6. The van der Waals surface area contributed by atoms with Crippen LogP contribution in [0.5, 0.6) is 0 Å². The largest absolute Gasteiger partial charge is 0.342 e. The Morgan fingerprint density at radius 2 is 1.26 bits per heavy atom. The van der Waals surface area contributed by atoms with Gasteiger partial charge in [0.2, 0.25) is 0 Å². The average molecular weight is 360 g/mol. The molecule has 0 aliphatic rings. The van der Waals surface area contributed by atoms with Gasteiger partial charge in [0.15, 0.2) is 0 Å². The number of unbranched alkanes of at least 4 members (excludes halogenated alkanes) is 9. The topological polar surface area (TPSA) is 83.6 Å². The average Bonchev–Trinajstić information content (AvgIpc) is 2.30. The highest BCUT2D eigenvalue weighted by Gasteiger charge is 2.23. The molecule has 19 heavy (non-hydrogen) atoms. The van der Waals surface area contributed by atoms with Gasteiger partial charge in [0.1, 0.15) is 5.78 Å². The molecule has 6 heteroatoms. The minimum atomic E-state index is -4.06. The van der Waals surface area contributed by atoms with Crippen LogP contribution in [-0.2, 0) is 4.57 Å². The standard InChI is InChI=1S/C13H30NO3P.BrH/c1-2-3-4-5-6-7-8-9-10-11-12-13(14)18(15,16)17;/h13H,2-12,14H2,1H3,(H2,15,16,17);1H/t13-;/m0./s1. The second-order valence-electron chi connectivity index (χ2n) is 5.13. The lowest BCUT2D eigenvalue weighted by Crippen LogP contribution is -2.19. The molecule has 0 amide bonds. The summed E-state index contributed by atoms with van der Waals surface area (Å²) in [5, 5.41) is 0. The molecular weight excluding hydrogens is 329 g/mol. The first-order chi connectivity index (χ1) is 8.48. The van der Waals surface area contributed by atoms with Gasteiger partial charge in [-0.25, -0.2) is 0 Å². The van der Waals surface area contributed by atoms with E-state index in [4.69, 9.17) is 15.5 Å². The van der Waals surface area contributed by atoms with E-state index in [1.165, 1.54) is 44.9 Å². The van der Waals surface area contributed by atoms with Crippen molar-refractivity contribution in [1.29, 1.82) is 0 Å². The minimum Gasteiger partial charge on any atom is -0.323 e. The van der Waals surface area contributed by atoms with E-state index < -0.39 is 13.4 Å². The van der Waals surface area contributed by atoms with Crippen molar-refractivity contribution < 1.29 is 14.4 Å². The molecule has 0 rings (SSSR count). The Morgan fingerprint density at radius 1 is 0.895 bits per heavy atom. The second kappa shape index (κ2) is 13.6. The Balaban J connectivity index is 0. The summed E-state index contributed by atoms with van der Waals surface area (Å²) < 4.78 is 10.8. The molecule has 0 fully saturated rings. The predicted octanol–water partition coefficient (Wildman–Crippen LogP) is 4.34. The number of halogens is 1. The molecule has 0 spiro atoms. The Hall–Kier alpha value is 0.590. The summed E-state index contributed by atoms with van der Waals surface area (Å²) >= 11 is 0. The van der Waals surface area contributed by atoms with E-state index in [1.807, 2.05) is 0 Å². The van der Waals surface area contributed by atoms with E-state index in [0.717, 1.165) is 19.3 Å². The number of nitrogens with two attached hydrogens (primary N) is 1. The van der Waals surface area contributed by atoms with Crippen LogP contribution in [0.4, 0.5) is 0 Å². The number of hydrogen-bond donors (Lipinski definition) is 3. The summed E-state index contributed by atoms with van der Waals surface area (Å²) in [5.41, 5.74) is 5.40. The second-order valence-corrected chi connectivity index (χ2v) is 6.97. The fraction of sp³-hybridized carbons (Fsp3) is 1.00. The third-order valence-corrected chi connectivity index (χ3v) is 4.41. The molecule has 0 aliphatic carbocycles. The Kier molecular flexibility index (Phi) is 15.6. The lowest BCUT2D eigenvalue weighted by atomic mass is 10.1. The number of hydrogen-bond acceptors (Lipinski definition) is 2. The zero-order valence-corrected chi connectivity index (χ0v) is 14.7. The molecule has 0 unspecified atom stereocenters. The van der Waals surface area contributed by atoms with Crippen LogP contribution >= 0.6 is 24.6 Å². The van der Waals surface area contributed by atoms with Crippen molar-refractivity contribution >= 4 is 24.6 Å². The molecule has 0 radical (unpaired) electrons. The Morgan fingerprint density at radius 3 is 1.63 bits per heavy atom. The highest BCUT2D eigenvalue weighted by molar-refractivity contribution is 8.93. The molecule has 118 valence electrons. The molecule has 1 atom stereocenters. The summed E-state index contributed by atoms with van der Waals surface area (Å²) in [6.45, 7) is 2.22. The molecule has 0 aromatic rings. The van der Waals surface area contributed by atoms with Crippen LogP contribution in [0.3, 0.4) is 0 Å². The highest BCUT2D eigenvalue weighted by Crippen LogP contribution is 2.40. The van der Waals surface area contributed by atoms with Crippen LogP contribution in [-0.4, -0.2) is 15.6 Å². The maximum atomic E-state index is 10.8. The fourth-order valence-electron chi connectivity index (χ4n) is 2.01. The molecular formula is C13H31BrNO3P. The van der Waals surface area contributed by atoms with Gasteiger partial charge in [0.25, 0.3) is 0 Å². The first-order valence-electron chi connectivity index (χ1n) is 7.29. The van der Waals surface area contributed by atoms with Crippen LogP contribution in [0.1, 0.15) is 77.6 Å². The molecule has 0 aromatic carbocycles. The zero-order chi connectivity index (χ0) is 13.9. The van der Waals surface area contributed by atoms with Crippen molar-refractivity contribution in [1.82, 2.24) is 0 Å². The molecule has 0 heterocycles. The molecule has 0 saturated heterocycles. The van der Waals surface area contributed by atoms with Crippen LogP contribution in [0.15, 0.2) is 0 Å². The van der Waals surface area contributed by atoms with Gasteiger partial charge in [-0.05, 0) is 6.42 Å². The van der Waals surface area contributed by atoms with Gasteiger partial charge in [-0.1, -0.05) is 71.1 Å².